The van der Waals surface area contributed by atoms with E-state index >= 15 is 0 Å². The number of benzene rings is 8. The summed E-state index contributed by atoms with van der Waals surface area (Å²) in [4.78, 5) is 41.1. The van der Waals surface area contributed by atoms with Gasteiger partial charge >= 0.3 is 5.97 Å². The highest BCUT2D eigenvalue weighted by atomic mass is 16.4. The second-order valence-corrected chi connectivity index (χ2v) is 22.1. The Labute approximate surface area is 378 Å². The normalized spacial score (nSPS) is 13.2. The van der Waals surface area contributed by atoms with Crippen molar-refractivity contribution in [1.29, 1.82) is 0 Å². The molecule has 0 amide bonds. The van der Waals surface area contributed by atoms with Crippen LogP contribution < -0.4 is 16.0 Å². The fourth-order valence-corrected chi connectivity index (χ4v) is 11.7. The molecule has 1 N–H and O–H groups in total. The Morgan fingerprint density at radius 3 is 1.29 bits per heavy atom. The van der Waals surface area contributed by atoms with Crippen molar-refractivity contribution in [1.82, 2.24) is 4.57 Å². The Morgan fingerprint density at radius 1 is 0.477 bits per heavy atom. The van der Waals surface area contributed by atoms with Gasteiger partial charge < -0.3 is 14.4 Å². The van der Waals surface area contributed by atoms with Gasteiger partial charge in [0.15, 0.2) is 0 Å². The van der Waals surface area contributed by atoms with E-state index in [1.807, 2.05) is 18.2 Å². The minimum absolute atomic E-state index is 0.00813. The zero-order valence-electron chi connectivity index (χ0n) is 39.1. The number of hydrogen-bond acceptors (Lipinski definition) is 5. The number of hydrogen-bond donors (Lipinski definition) is 1. The zero-order chi connectivity index (χ0) is 46.1. The first-order valence-electron chi connectivity index (χ1n) is 22.7. The summed E-state index contributed by atoms with van der Waals surface area (Å²) in [7, 11) is 0. The number of aromatic nitrogens is 1. The van der Waals surface area contributed by atoms with Gasteiger partial charge in [-0.15, -0.1) is 0 Å². The zero-order valence-corrected chi connectivity index (χ0v) is 39.1. The molecule has 0 fully saturated rings. The monoisotopic (exact) mass is 860 g/mol. The lowest BCUT2D eigenvalue weighted by Crippen LogP contribution is -2.35. The van der Waals surface area contributed by atoms with Gasteiger partial charge in [-0.3, -0.25) is 19.0 Å². The molecule has 0 aliphatic rings. The largest absolute Gasteiger partial charge is 0.480 e. The highest BCUT2D eigenvalue weighted by molar-refractivity contribution is 6.40. The number of aliphatic carboxylic acids is 1. The number of carboxylic acid groups (broad SMARTS) is 1. The minimum atomic E-state index is -1.24. The maximum Gasteiger partial charge on any atom is 0.323 e. The molecule has 0 bridgehead atoms. The van der Waals surface area contributed by atoms with Crippen molar-refractivity contribution in [3.63, 3.8) is 0 Å². The molecule has 8 aromatic carbocycles. The van der Waals surface area contributed by atoms with E-state index in [2.05, 4.69) is 159 Å². The molecular formula is C58H56N2O5. The van der Waals surface area contributed by atoms with Crippen LogP contribution in [0.1, 0.15) is 93.2 Å². The summed E-state index contributed by atoms with van der Waals surface area (Å²) in [5, 5.41) is 19.5. The third-order valence-corrected chi connectivity index (χ3v) is 13.6. The summed E-state index contributed by atoms with van der Waals surface area (Å²) in [6.45, 7) is 22.5. The maximum atomic E-state index is 13.6. The van der Waals surface area contributed by atoms with Crippen LogP contribution in [0.4, 0.5) is 17.1 Å². The molecule has 0 unspecified atom stereocenters. The van der Waals surface area contributed by atoms with Gasteiger partial charge in [-0.05, 0) is 139 Å². The topological polar surface area (TPSA) is 92.8 Å². The van der Waals surface area contributed by atoms with Crippen molar-refractivity contribution in [2.24, 2.45) is 10.8 Å². The van der Waals surface area contributed by atoms with Gasteiger partial charge in [-0.1, -0.05) is 118 Å². The molecule has 0 atom stereocenters. The summed E-state index contributed by atoms with van der Waals surface area (Å²) >= 11 is 0. The number of anilines is 3. The fourth-order valence-electron chi connectivity index (χ4n) is 11.7. The Hall–Kier alpha value is -6.73. The summed E-state index contributed by atoms with van der Waals surface area (Å²) in [5.74, 6) is -1.24. The molecule has 2 aromatic heterocycles. The Morgan fingerprint density at radius 2 is 0.846 bits per heavy atom. The van der Waals surface area contributed by atoms with Gasteiger partial charge in [0.2, 0.25) is 0 Å². The van der Waals surface area contributed by atoms with Crippen LogP contribution >= 0.6 is 0 Å². The fraction of sp³-hybridized carbons (Fsp3) is 0.293. The lowest BCUT2D eigenvalue weighted by Gasteiger charge is -2.34. The van der Waals surface area contributed by atoms with E-state index in [1.165, 1.54) is 11.1 Å². The highest BCUT2D eigenvalue weighted by Gasteiger charge is 2.30. The standard InChI is InChI=1S/C58H56N2O5/c1-55(2,3)31-57(7,8)33-11-15-35(16-12-33)60(36-17-13-34(14-18-36)58(9,10)32-56(4,5)6)37-19-20-38-39-21-22-42-40-23-25-44-51-45(54(64)59(53(44)63)30-48(61)62)26-24-41(49(40)51)43-27-28-46(52(39)50(42)43)65-47(38)29-37/h11-29H,30-32H2,1-10H3,(H,61,62). The third kappa shape index (κ3) is 6.98. The van der Waals surface area contributed by atoms with Crippen LogP contribution in [-0.2, 0) is 22.2 Å². The molecule has 0 saturated carbocycles. The highest BCUT2D eigenvalue weighted by Crippen LogP contribution is 2.48. The summed E-state index contributed by atoms with van der Waals surface area (Å²) < 4.78 is 7.76. The molecule has 10 aromatic rings. The van der Waals surface area contributed by atoms with E-state index in [4.69, 9.17) is 4.42 Å². The summed E-state index contributed by atoms with van der Waals surface area (Å²) in [6.07, 6.45) is 2.13. The van der Waals surface area contributed by atoms with E-state index in [0.717, 1.165) is 94.1 Å². The summed E-state index contributed by atoms with van der Waals surface area (Å²) in [6, 6.07) is 40.4. The van der Waals surface area contributed by atoms with Crippen LogP contribution in [-0.4, -0.2) is 15.6 Å². The van der Waals surface area contributed by atoms with Crippen LogP contribution in [0.5, 0.6) is 0 Å². The van der Waals surface area contributed by atoms with Crippen molar-refractivity contribution >= 4 is 98.8 Å². The van der Waals surface area contributed by atoms with Crippen molar-refractivity contribution in [3.05, 3.63) is 147 Å². The molecule has 0 spiro atoms. The van der Waals surface area contributed by atoms with Crippen LogP contribution in [0.15, 0.2) is 129 Å². The van der Waals surface area contributed by atoms with Gasteiger partial charge in [0.25, 0.3) is 11.1 Å². The molecule has 0 aliphatic heterocycles. The molecule has 7 heteroatoms. The van der Waals surface area contributed by atoms with Crippen LogP contribution in [0.3, 0.4) is 0 Å². The average molecular weight is 861 g/mol. The first-order valence-corrected chi connectivity index (χ1v) is 22.7. The van der Waals surface area contributed by atoms with Gasteiger partial charge in [-0.2, -0.15) is 0 Å². The summed E-state index contributed by atoms with van der Waals surface area (Å²) in [5.41, 5.74) is 6.48. The van der Waals surface area contributed by atoms with Crippen LogP contribution in [0.25, 0.3) is 75.8 Å². The first kappa shape index (κ1) is 42.2. The van der Waals surface area contributed by atoms with Gasteiger partial charge in [-0.25, -0.2) is 0 Å². The van der Waals surface area contributed by atoms with E-state index < -0.39 is 23.6 Å². The van der Waals surface area contributed by atoms with Crippen molar-refractivity contribution in [2.75, 3.05) is 4.90 Å². The van der Waals surface area contributed by atoms with Crippen LogP contribution in [0.2, 0.25) is 0 Å². The third-order valence-electron chi connectivity index (χ3n) is 13.6. The number of carbonyl (C=O) groups is 1. The van der Waals surface area contributed by atoms with E-state index in [1.54, 1.807) is 12.1 Å². The molecule has 7 nitrogen and oxygen atoms in total. The second-order valence-electron chi connectivity index (χ2n) is 22.1. The lowest BCUT2D eigenvalue weighted by atomic mass is 9.72. The smallest absolute Gasteiger partial charge is 0.323 e. The van der Waals surface area contributed by atoms with Crippen molar-refractivity contribution in [3.8, 4) is 0 Å². The molecule has 10 rings (SSSR count). The number of carboxylic acids is 1. The van der Waals surface area contributed by atoms with Crippen LogP contribution in [0, 0.1) is 10.8 Å². The Kier molecular flexibility index (Phi) is 9.35. The molecule has 0 saturated heterocycles. The number of fused-ring (bicyclic) bond motifs is 4. The maximum absolute atomic E-state index is 13.6. The predicted octanol–water partition coefficient (Wildman–Crippen LogP) is 14.7. The predicted molar refractivity (Wildman–Crippen MR) is 271 cm³/mol. The molecule has 328 valence electrons. The molecule has 0 aliphatic carbocycles. The number of nitrogens with zero attached hydrogens (tertiary/aromatic N) is 2. The van der Waals surface area contributed by atoms with E-state index in [-0.39, 0.29) is 21.7 Å². The SMILES string of the molecule is CC(C)(C)CC(C)(C)c1ccc(N(c2ccc(C(C)(C)CC(C)(C)C)cc2)c2ccc3c(c2)oc2ccc4c5ccc6c(=O)n(CC(=O)O)c(=O)c7ccc(c8ccc3c2c48)c5c67)cc1. The number of pyridine rings is 1. The average Bonchev–Trinajstić information content (AvgIpc) is 3.23. The first-order chi connectivity index (χ1) is 30.6. The number of rotatable bonds is 9. The second kappa shape index (κ2) is 14.4. The quantitative estimate of drug-likeness (QED) is 0.115. The molecular weight excluding hydrogens is 805 g/mol. The Bertz CT molecular complexity index is 3500. The van der Waals surface area contributed by atoms with Crippen molar-refractivity contribution < 1.29 is 14.3 Å². The van der Waals surface area contributed by atoms with Gasteiger partial charge in [0, 0.05) is 55.4 Å². The van der Waals surface area contributed by atoms with E-state index in [9.17, 15) is 19.5 Å². The Balaban J connectivity index is 1.14. The van der Waals surface area contributed by atoms with Gasteiger partial charge in [0.05, 0.1) is 0 Å². The molecule has 2 heterocycles. The van der Waals surface area contributed by atoms with Crippen molar-refractivity contribution in [2.45, 2.75) is 99.5 Å². The molecule has 0 radical (unpaired) electrons. The minimum Gasteiger partial charge on any atom is -0.480 e. The lowest BCUT2D eigenvalue weighted by molar-refractivity contribution is -0.137. The van der Waals surface area contributed by atoms with E-state index in [0.29, 0.717) is 16.2 Å². The molecule has 65 heavy (non-hydrogen) atoms. The van der Waals surface area contributed by atoms with Gasteiger partial charge in [0.1, 0.15) is 17.7 Å².